The number of nitrogens with zero attached hydrogens (tertiary/aromatic N) is 1. The molecule has 1 fully saturated rings. The van der Waals surface area contributed by atoms with Gasteiger partial charge >= 0.3 is 0 Å². The van der Waals surface area contributed by atoms with Gasteiger partial charge in [0, 0.05) is 24.8 Å². The number of thioether (sulfide) groups is 1. The Morgan fingerprint density at radius 3 is 3.18 bits per heavy atom. The lowest BCUT2D eigenvalue weighted by molar-refractivity contribution is 0.442. The van der Waals surface area contributed by atoms with E-state index in [0.717, 1.165) is 23.9 Å². The first kappa shape index (κ1) is 12.6. The molecule has 4 heteroatoms. The van der Waals surface area contributed by atoms with Crippen molar-refractivity contribution in [1.29, 1.82) is 0 Å². The van der Waals surface area contributed by atoms with Gasteiger partial charge < -0.3 is 9.73 Å². The number of furan rings is 1. The maximum atomic E-state index is 5.29. The number of amidine groups is 1. The molecule has 1 aromatic rings. The monoisotopic (exact) mass is 252 g/mol. The van der Waals surface area contributed by atoms with Crippen molar-refractivity contribution >= 4 is 16.9 Å². The maximum absolute atomic E-state index is 5.29. The van der Waals surface area contributed by atoms with Crippen molar-refractivity contribution in [2.45, 2.75) is 32.7 Å². The molecule has 0 spiro atoms. The van der Waals surface area contributed by atoms with E-state index in [0.29, 0.717) is 12.0 Å². The van der Waals surface area contributed by atoms with E-state index in [4.69, 9.17) is 4.42 Å². The third kappa shape index (κ3) is 3.80. The van der Waals surface area contributed by atoms with Crippen LogP contribution in [0.4, 0.5) is 0 Å². The minimum atomic E-state index is 0.582. The Morgan fingerprint density at radius 2 is 2.47 bits per heavy atom. The van der Waals surface area contributed by atoms with Crippen LogP contribution in [-0.4, -0.2) is 23.5 Å². The van der Waals surface area contributed by atoms with E-state index in [1.54, 1.807) is 6.26 Å². The highest BCUT2D eigenvalue weighted by Gasteiger charge is 2.19. The summed E-state index contributed by atoms with van der Waals surface area (Å²) in [5.41, 5.74) is 0. The summed E-state index contributed by atoms with van der Waals surface area (Å²) in [7, 11) is 0. The second-order valence-corrected chi connectivity index (χ2v) is 5.73. The molecule has 1 unspecified atom stereocenters. The molecule has 1 aliphatic rings. The van der Waals surface area contributed by atoms with Gasteiger partial charge in [0.2, 0.25) is 0 Å². The average molecular weight is 252 g/mol. The molecular weight excluding hydrogens is 232 g/mol. The molecule has 2 rings (SSSR count). The summed E-state index contributed by atoms with van der Waals surface area (Å²) in [6.07, 6.45) is 3.83. The topological polar surface area (TPSA) is 37.5 Å². The van der Waals surface area contributed by atoms with Gasteiger partial charge in [-0.15, -0.1) is 0 Å². The molecule has 1 atom stereocenters. The van der Waals surface area contributed by atoms with Crippen LogP contribution in [0.5, 0.6) is 0 Å². The van der Waals surface area contributed by atoms with Crippen molar-refractivity contribution in [2.75, 3.05) is 12.3 Å². The van der Waals surface area contributed by atoms with Gasteiger partial charge in [0.1, 0.15) is 5.76 Å². The lowest BCUT2D eigenvalue weighted by atomic mass is 10.0. The highest BCUT2D eigenvalue weighted by Crippen LogP contribution is 2.18. The molecule has 1 N–H and O–H groups in total. The van der Waals surface area contributed by atoms with Crippen LogP contribution in [0.3, 0.4) is 0 Å². The molecule has 0 saturated carbocycles. The van der Waals surface area contributed by atoms with Crippen LogP contribution < -0.4 is 5.32 Å². The van der Waals surface area contributed by atoms with Crippen LogP contribution in [0.25, 0.3) is 0 Å². The Bertz CT molecular complexity index is 360. The molecule has 1 aromatic heterocycles. The first-order valence-corrected chi connectivity index (χ1v) is 7.20. The summed E-state index contributed by atoms with van der Waals surface area (Å²) in [6, 6.07) is 4.50. The molecule has 3 nitrogen and oxygen atoms in total. The van der Waals surface area contributed by atoms with Gasteiger partial charge in [0.05, 0.1) is 6.26 Å². The normalized spacial score (nSPS) is 23.0. The Kier molecular flexibility index (Phi) is 4.54. The fourth-order valence-electron chi connectivity index (χ4n) is 1.87. The number of hydrogen-bond donors (Lipinski definition) is 1. The van der Waals surface area contributed by atoms with E-state index in [-0.39, 0.29) is 0 Å². The van der Waals surface area contributed by atoms with E-state index >= 15 is 0 Å². The SMILES string of the molecule is CC(C)C1CCSC(=NCCc2ccco2)N1. The van der Waals surface area contributed by atoms with E-state index in [2.05, 4.69) is 24.2 Å². The van der Waals surface area contributed by atoms with E-state index in [1.807, 2.05) is 23.9 Å². The molecule has 0 radical (unpaired) electrons. The van der Waals surface area contributed by atoms with Crippen LogP contribution in [0, 0.1) is 5.92 Å². The molecule has 1 saturated heterocycles. The van der Waals surface area contributed by atoms with Crippen LogP contribution in [0.15, 0.2) is 27.8 Å². The van der Waals surface area contributed by atoms with Gasteiger partial charge in [-0.25, -0.2) is 0 Å². The predicted octanol–water partition coefficient (Wildman–Crippen LogP) is 2.93. The second-order valence-electron chi connectivity index (χ2n) is 4.65. The quantitative estimate of drug-likeness (QED) is 0.895. The Labute approximate surface area is 107 Å². The Balaban J connectivity index is 1.80. The predicted molar refractivity (Wildman–Crippen MR) is 73.6 cm³/mol. The molecule has 1 aliphatic heterocycles. The lowest BCUT2D eigenvalue weighted by Crippen LogP contribution is -2.41. The van der Waals surface area contributed by atoms with Crippen molar-refractivity contribution in [3.05, 3.63) is 24.2 Å². The Morgan fingerprint density at radius 1 is 1.59 bits per heavy atom. The number of nitrogens with one attached hydrogen (secondary N) is 1. The summed E-state index contributed by atoms with van der Waals surface area (Å²) in [4.78, 5) is 4.60. The van der Waals surface area contributed by atoms with Crippen LogP contribution >= 0.6 is 11.8 Å². The average Bonchev–Trinajstić information content (AvgIpc) is 2.82. The van der Waals surface area contributed by atoms with Crippen molar-refractivity contribution < 1.29 is 4.42 Å². The fourth-order valence-corrected chi connectivity index (χ4v) is 2.85. The standard InChI is InChI=1S/C13H20N2OS/c1-10(2)12-6-9-17-13(15-12)14-7-5-11-4-3-8-16-11/h3-4,8,10,12H,5-7,9H2,1-2H3,(H,14,15). The van der Waals surface area contributed by atoms with Crippen LogP contribution in [0.1, 0.15) is 26.0 Å². The van der Waals surface area contributed by atoms with E-state index in [9.17, 15) is 0 Å². The van der Waals surface area contributed by atoms with Crippen LogP contribution in [0.2, 0.25) is 0 Å². The second kappa shape index (κ2) is 6.15. The largest absolute Gasteiger partial charge is 0.469 e. The van der Waals surface area contributed by atoms with E-state index < -0.39 is 0 Å². The van der Waals surface area contributed by atoms with Crippen molar-refractivity contribution in [1.82, 2.24) is 5.32 Å². The molecule has 2 heterocycles. The van der Waals surface area contributed by atoms with Crippen molar-refractivity contribution in [2.24, 2.45) is 10.9 Å². The van der Waals surface area contributed by atoms with Gasteiger partial charge in [-0.2, -0.15) is 0 Å². The Hall–Kier alpha value is -0.900. The zero-order valence-electron chi connectivity index (χ0n) is 10.5. The van der Waals surface area contributed by atoms with Crippen molar-refractivity contribution in [3.63, 3.8) is 0 Å². The fraction of sp³-hybridized carbons (Fsp3) is 0.615. The zero-order chi connectivity index (χ0) is 12.1. The minimum absolute atomic E-state index is 0.582. The highest BCUT2D eigenvalue weighted by molar-refractivity contribution is 8.13. The number of hydrogen-bond acceptors (Lipinski definition) is 3. The summed E-state index contributed by atoms with van der Waals surface area (Å²) in [5.74, 6) is 2.86. The summed E-state index contributed by atoms with van der Waals surface area (Å²) in [5, 5.41) is 4.61. The molecule has 94 valence electrons. The smallest absolute Gasteiger partial charge is 0.156 e. The van der Waals surface area contributed by atoms with Gasteiger partial charge in [0.15, 0.2) is 5.17 Å². The summed E-state index contributed by atoms with van der Waals surface area (Å²) in [6.45, 7) is 5.32. The van der Waals surface area contributed by atoms with Crippen LogP contribution in [-0.2, 0) is 6.42 Å². The molecule has 0 bridgehead atoms. The summed E-state index contributed by atoms with van der Waals surface area (Å²) >= 11 is 1.83. The molecule has 17 heavy (non-hydrogen) atoms. The minimum Gasteiger partial charge on any atom is -0.469 e. The number of rotatable bonds is 4. The first-order valence-electron chi connectivity index (χ1n) is 6.22. The summed E-state index contributed by atoms with van der Waals surface area (Å²) < 4.78 is 5.29. The van der Waals surface area contributed by atoms with Crippen molar-refractivity contribution in [3.8, 4) is 0 Å². The number of aliphatic imine (C=N–C) groups is 1. The molecule has 0 aliphatic carbocycles. The first-order chi connectivity index (χ1) is 8.25. The van der Waals surface area contributed by atoms with E-state index in [1.165, 1.54) is 12.2 Å². The highest BCUT2D eigenvalue weighted by atomic mass is 32.2. The van der Waals surface area contributed by atoms with Gasteiger partial charge in [-0.05, 0) is 24.5 Å². The third-order valence-electron chi connectivity index (χ3n) is 2.97. The molecule has 0 amide bonds. The van der Waals surface area contributed by atoms with Gasteiger partial charge in [0.25, 0.3) is 0 Å². The van der Waals surface area contributed by atoms with Gasteiger partial charge in [-0.3, -0.25) is 4.99 Å². The zero-order valence-corrected chi connectivity index (χ0v) is 11.3. The molecular formula is C13H20N2OS. The third-order valence-corrected chi connectivity index (χ3v) is 3.94. The lowest BCUT2D eigenvalue weighted by Gasteiger charge is -2.28. The van der Waals surface area contributed by atoms with Gasteiger partial charge in [-0.1, -0.05) is 25.6 Å². The molecule has 0 aromatic carbocycles. The maximum Gasteiger partial charge on any atom is 0.156 e.